The molecule has 0 atom stereocenters. The molecule has 0 aliphatic heterocycles. The normalized spacial score (nSPS) is 9.62. The highest BCUT2D eigenvalue weighted by atomic mass is 35.5. The maximum Gasteiger partial charge on any atom is 0.166 e. The van der Waals surface area contributed by atoms with E-state index >= 15 is 0 Å². The second kappa shape index (κ2) is 4.10. The standard InChI is InChI=1S/C10H10ClNO/c1-2-3-10(13)7-4-8(11)6-9(12)5-7/h2,4-6H,1,3,12H2. The minimum Gasteiger partial charge on any atom is -0.399 e. The Kier molecular flexibility index (Phi) is 3.09. The van der Waals surface area contributed by atoms with Crippen molar-refractivity contribution in [3.05, 3.63) is 41.4 Å². The van der Waals surface area contributed by atoms with Gasteiger partial charge in [0.25, 0.3) is 0 Å². The van der Waals surface area contributed by atoms with Gasteiger partial charge in [-0.1, -0.05) is 17.7 Å². The molecule has 13 heavy (non-hydrogen) atoms. The zero-order chi connectivity index (χ0) is 9.84. The Morgan fingerprint density at radius 1 is 1.54 bits per heavy atom. The van der Waals surface area contributed by atoms with Gasteiger partial charge in [0.05, 0.1) is 0 Å². The Hall–Kier alpha value is -1.28. The number of carbonyl (C=O) groups is 1. The number of rotatable bonds is 3. The van der Waals surface area contributed by atoms with Crippen LogP contribution in [0.1, 0.15) is 16.8 Å². The van der Waals surface area contributed by atoms with Gasteiger partial charge in [-0.25, -0.2) is 0 Å². The van der Waals surface area contributed by atoms with E-state index < -0.39 is 0 Å². The van der Waals surface area contributed by atoms with Gasteiger partial charge in [0.2, 0.25) is 0 Å². The number of benzene rings is 1. The summed E-state index contributed by atoms with van der Waals surface area (Å²) in [5, 5.41) is 0.479. The molecule has 3 heteroatoms. The SMILES string of the molecule is C=CCC(=O)c1cc(N)cc(Cl)c1. The first kappa shape index (κ1) is 9.81. The quantitative estimate of drug-likeness (QED) is 0.458. The molecular formula is C10H10ClNO. The number of carbonyl (C=O) groups excluding carboxylic acids is 1. The lowest BCUT2D eigenvalue weighted by molar-refractivity contribution is 0.0996. The molecule has 0 radical (unpaired) electrons. The van der Waals surface area contributed by atoms with Crippen molar-refractivity contribution in [3.63, 3.8) is 0 Å². The van der Waals surface area contributed by atoms with Crippen molar-refractivity contribution >= 4 is 23.1 Å². The first-order chi connectivity index (χ1) is 6.13. The van der Waals surface area contributed by atoms with Crippen LogP contribution in [-0.4, -0.2) is 5.78 Å². The number of halogens is 1. The molecule has 0 bridgehead atoms. The van der Waals surface area contributed by atoms with Crippen LogP contribution in [0.3, 0.4) is 0 Å². The van der Waals surface area contributed by atoms with Crippen LogP contribution in [0.4, 0.5) is 5.69 Å². The van der Waals surface area contributed by atoms with Crippen molar-refractivity contribution in [2.75, 3.05) is 5.73 Å². The Morgan fingerprint density at radius 2 is 2.23 bits per heavy atom. The van der Waals surface area contributed by atoms with E-state index in [1.165, 1.54) is 0 Å². The van der Waals surface area contributed by atoms with Gasteiger partial charge in [0.1, 0.15) is 0 Å². The highest BCUT2D eigenvalue weighted by molar-refractivity contribution is 6.31. The number of hydrogen-bond acceptors (Lipinski definition) is 2. The molecule has 1 aromatic rings. The third kappa shape index (κ3) is 2.60. The highest BCUT2D eigenvalue weighted by Gasteiger charge is 2.05. The fourth-order valence-corrected chi connectivity index (χ4v) is 1.27. The molecule has 0 spiro atoms. The Bertz CT molecular complexity index is 327. The number of anilines is 1. The molecule has 0 fully saturated rings. The summed E-state index contributed by atoms with van der Waals surface area (Å²) in [5.74, 6) is -0.0239. The van der Waals surface area contributed by atoms with Gasteiger partial charge in [0.15, 0.2) is 5.78 Å². The molecule has 1 rings (SSSR count). The lowest BCUT2D eigenvalue weighted by atomic mass is 10.1. The van der Waals surface area contributed by atoms with E-state index in [1.54, 1.807) is 24.3 Å². The maximum atomic E-state index is 11.4. The van der Waals surface area contributed by atoms with E-state index in [0.29, 0.717) is 22.7 Å². The summed E-state index contributed by atoms with van der Waals surface area (Å²) in [5.41, 5.74) is 6.56. The minimum absolute atomic E-state index is 0.0239. The third-order valence-corrected chi connectivity index (χ3v) is 1.79. The second-order valence-electron chi connectivity index (χ2n) is 2.69. The Balaban J connectivity index is 3.00. The first-order valence-electron chi connectivity index (χ1n) is 3.83. The van der Waals surface area contributed by atoms with Gasteiger partial charge in [0, 0.05) is 22.7 Å². The largest absolute Gasteiger partial charge is 0.399 e. The summed E-state index contributed by atoms with van der Waals surface area (Å²) >= 11 is 5.74. The minimum atomic E-state index is -0.0239. The zero-order valence-corrected chi connectivity index (χ0v) is 7.84. The van der Waals surface area contributed by atoms with Gasteiger partial charge in [-0.05, 0) is 18.2 Å². The molecule has 0 saturated heterocycles. The van der Waals surface area contributed by atoms with Gasteiger partial charge < -0.3 is 5.73 Å². The average molecular weight is 196 g/mol. The molecule has 0 amide bonds. The Morgan fingerprint density at radius 3 is 2.77 bits per heavy atom. The van der Waals surface area contributed by atoms with Crippen molar-refractivity contribution in [2.24, 2.45) is 0 Å². The van der Waals surface area contributed by atoms with Crippen molar-refractivity contribution in [1.82, 2.24) is 0 Å². The monoisotopic (exact) mass is 195 g/mol. The third-order valence-electron chi connectivity index (χ3n) is 1.57. The van der Waals surface area contributed by atoms with E-state index in [2.05, 4.69) is 6.58 Å². The zero-order valence-electron chi connectivity index (χ0n) is 7.09. The van der Waals surface area contributed by atoms with Crippen LogP contribution in [0.15, 0.2) is 30.9 Å². The number of nitrogen functional groups attached to an aromatic ring is 1. The van der Waals surface area contributed by atoms with Crippen molar-refractivity contribution < 1.29 is 4.79 Å². The summed E-state index contributed by atoms with van der Waals surface area (Å²) in [6.07, 6.45) is 1.86. The number of Topliss-reactive ketones (excluding diaryl/α,β-unsaturated/α-hetero) is 1. The van der Waals surface area contributed by atoms with E-state index in [1.807, 2.05) is 0 Å². The van der Waals surface area contributed by atoms with E-state index in [9.17, 15) is 4.79 Å². The molecule has 0 heterocycles. The predicted octanol–water partition coefficient (Wildman–Crippen LogP) is 2.68. The van der Waals surface area contributed by atoms with Gasteiger partial charge in [-0.3, -0.25) is 4.79 Å². The van der Waals surface area contributed by atoms with Crippen molar-refractivity contribution in [3.8, 4) is 0 Å². The first-order valence-corrected chi connectivity index (χ1v) is 4.21. The fourth-order valence-electron chi connectivity index (χ4n) is 1.02. The van der Waals surface area contributed by atoms with E-state index in [0.717, 1.165) is 0 Å². The second-order valence-corrected chi connectivity index (χ2v) is 3.13. The number of ketones is 1. The molecule has 2 N–H and O–H groups in total. The average Bonchev–Trinajstić information content (AvgIpc) is 2.03. The van der Waals surface area contributed by atoms with E-state index in [-0.39, 0.29) is 5.78 Å². The molecule has 1 aromatic carbocycles. The summed E-state index contributed by atoms with van der Waals surface area (Å²) in [6, 6.07) is 4.81. The van der Waals surface area contributed by atoms with Crippen LogP contribution in [0.25, 0.3) is 0 Å². The van der Waals surface area contributed by atoms with Crippen molar-refractivity contribution in [2.45, 2.75) is 6.42 Å². The van der Waals surface area contributed by atoms with Gasteiger partial charge in [-0.15, -0.1) is 6.58 Å². The van der Waals surface area contributed by atoms with Crippen LogP contribution in [0.2, 0.25) is 5.02 Å². The smallest absolute Gasteiger partial charge is 0.166 e. The van der Waals surface area contributed by atoms with Crippen LogP contribution in [0.5, 0.6) is 0 Å². The number of allylic oxidation sites excluding steroid dienone is 1. The predicted molar refractivity (Wildman–Crippen MR) is 55.0 cm³/mol. The molecular weight excluding hydrogens is 186 g/mol. The molecule has 0 aliphatic carbocycles. The topological polar surface area (TPSA) is 43.1 Å². The van der Waals surface area contributed by atoms with Crippen LogP contribution >= 0.6 is 11.6 Å². The maximum absolute atomic E-state index is 11.4. The molecule has 68 valence electrons. The lowest BCUT2D eigenvalue weighted by Gasteiger charge is -2.00. The van der Waals surface area contributed by atoms with Crippen LogP contribution < -0.4 is 5.73 Å². The number of nitrogens with two attached hydrogens (primary N) is 1. The van der Waals surface area contributed by atoms with E-state index in [4.69, 9.17) is 17.3 Å². The molecule has 0 aromatic heterocycles. The fraction of sp³-hybridized carbons (Fsp3) is 0.100. The molecule has 0 unspecified atom stereocenters. The van der Waals surface area contributed by atoms with Crippen molar-refractivity contribution in [1.29, 1.82) is 0 Å². The summed E-state index contributed by atoms with van der Waals surface area (Å²) < 4.78 is 0. The summed E-state index contributed by atoms with van der Waals surface area (Å²) in [4.78, 5) is 11.4. The lowest BCUT2D eigenvalue weighted by Crippen LogP contribution is -1.98. The van der Waals surface area contributed by atoms with Crippen LogP contribution in [-0.2, 0) is 0 Å². The Labute approximate surface area is 82.0 Å². The molecule has 0 aliphatic rings. The van der Waals surface area contributed by atoms with Crippen LogP contribution in [0, 0.1) is 0 Å². The number of hydrogen-bond donors (Lipinski definition) is 1. The summed E-state index contributed by atoms with van der Waals surface area (Å²) in [7, 11) is 0. The van der Waals surface area contributed by atoms with Gasteiger partial charge >= 0.3 is 0 Å². The van der Waals surface area contributed by atoms with Gasteiger partial charge in [-0.2, -0.15) is 0 Å². The summed E-state index contributed by atoms with van der Waals surface area (Å²) in [6.45, 7) is 3.49. The molecule has 2 nitrogen and oxygen atoms in total. The molecule has 0 saturated carbocycles. The highest BCUT2D eigenvalue weighted by Crippen LogP contribution is 2.17.